The number of amides is 2. The molecular weight excluding hydrogens is 425 g/mol. The minimum atomic E-state index is -4.73. The Labute approximate surface area is 182 Å². The summed E-state index contributed by atoms with van der Waals surface area (Å²) in [6.07, 6.45) is 1.81. The second kappa shape index (κ2) is 7.31. The number of aromatic nitrogens is 2. The summed E-state index contributed by atoms with van der Waals surface area (Å²) >= 11 is 0. The molecule has 2 amide bonds. The molecule has 2 fully saturated rings. The quantitative estimate of drug-likeness (QED) is 0.646. The monoisotopic (exact) mass is 448 g/mol. The average Bonchev–Trinajstić information content (AvgIpc) is 3.18. The Morgan fingerprint density at radius 3 is 2.66 bits per heavy atom. The molecule has 0 spiro atoms. The first-order valence-corrected chi connectivity index (χ1v) is 10.8. The second-order valence-corrected chi connectivity index (χ2v) is 9.15. The van der Waals surface area contributed by atoms with Gasteiger partial charge in [0, 0.05) is 23.2 Å². The number of benzene rings is 1. The van der Waals surface area contributed by atoms with Gasteiger partial charge in [0.1, 0.15) is 0 Å². The molecular formula is C22H23F3N4O3. The minimum absolute atomic E-state index is 0.0296. The standard InChI is InChI=1S/C22H23F3N4O3/c1-21(8-9-21)29(12-30)17-5-3-2-4-16(17)28-11-14-7-6-13(10-15(14)19(28)31)18-26-20(32-27-18)22(23,24)25/h6-7,10,12,16-17H,2-5,8-9,11H2,1H3/t16-,17-/m1/s1. The number of fused-ring (bicyclic) bond motifs is 1. The van der Waals surface area contributed by atoms with E-state index in [1.165, 1.54) is 6.07 Å². The topological polar surface area (TPSA) is 79.5 Å². The minimum Gasteiger partial charge on any atom is -0.335 e. The van der Waals surface area contributed by atoms with E-state index in [9.17, 15) is 22.8 Å². The van der Waals surface area contributed by atoms with Crippen LogP contribution in [-0.2, 0) is 17.5 Å². The van der Waals surface area contributed by atoms with E-state index in [1.807, 2.05) is 9.80 Å². The lowest BCUT2D eigenvalue weighted by Gasteiger charge is -2.45. The van der Waals surface area contributed by atoms with Crippen molar-refractivity contribution in [2.45, 2.75) is 75.8 Å². The molecule has 5 rings (SSSR count). The van der Waals surface area contributed by atoms with Gasteiger partial charge in [0.25, 0.3) is 5.91 Å². The Balaban J connectivity index is 1.41. The van der Waals surface area contributed by atoms with Crippen molar-refractivity contribution in [1.29, 1.82) is 0 Å². The molecule has 32 heavy (non-hydrogen) atoms. The van der Waals surface area contributed by atoms with Crippen molar-refractivity contribution >= 4 is 12.3 Å². The van der Waals surface area contributed by atoms with Gasteiger partial charge in [-0.05, 0) is 44.2 Å². The van der Waals surface area contributed by atoms with Crippen LogP contribution in [0.25, 0.3) is 11.4 Å². The lowest BCUT2D eigenvalue weighted by molar-refractivity contribution is -0.159. The summed E-state index contributed by atoms with van der Waals surface area (Å²) in [6.45, 7) is 2.50. The molecule has 7 nitrogen and oxygen atoms in total. The largest absolute Gasteiger partial charge is 0.471 e. The van der Waals surface area contributed by atoms with Gasteiger partial charge in [-0.1, -0.05) is 30.1 Å². The Morgan fingerprint density at radius 1 is 1.25 bits per heavy atom. The third kappa shape index (κ3) is 3.45. The zero-order valence-electron chi connectivity index (χ0n) is 17.6. The lowest BCUT2D eigenvalue weighted by Crippen LogP contribution is -2.56. The van der Waals surface area contributed by atoms with Crippen molar-refractivity contribution in [3.05, 3.63) is 35.2 Å². The SMILES string of the molecule is CC1(N(C=O)[C@@H]2CCCC[C@H]2N2Cc3ccc(-c4noc(C(F)(F)F)n4)cc3C2=O)CC1. The first-order chi connectivity index (χ1) is 15.2. The number of hydrogen-bond acceptors (Lipinski definition) is 5. The predicted octanol–water partition coefficient (Wildman–Crippen LogP) is 4.03. The Kier molecular flexibility index (Phi) is 4.79. The van der Waals surface area contributed by atoms with Crippen molar-refractivity contribution in [3.63, 3.8) is 0 Å². The van der Waals surface area contributed by atoms with Gasteiger partial charge in [-0.3, -0.25) is 9.59 Å². The Hall–Kier alpha value is -2.91. The molecule has 0 radical (unpaired) electrons. The van der Waals surface area contributed by atoms with E-state index in [0.717, 1.165) is 50.5 Å². The van der Waals surface area contributed by atoms with Crippen LogP contribution in [-0.4, -0.2) is 49.9 Å². The van der Waals surface area contributed by atoms with E-state index in [1.54, 1.807) is 12.1 Å². The summed E-state index contributed by atoms with van der Waals surface area (Å²) < 4.78 is 42.7. The van der Waals surface area contributed by atoms with Crippen LogP contribution in [0.2, 0.25) is 0 Å². The normalized spacial score (nSPS) is 24.4. The Bertz CT molecular complexity index is 1060. The van der Waals surface area contributed by atoms with Crippen LogP contribution in [0.1, 0.15) is 67.3 Å². The van der Waals surface area contributed by atoms with Crippen LogP contribution in [0.5, 0.6) is 0 Å². The van der Waals surface area contributed by atoms with Gasteiger partial charge >= 0.3 is 12.1 Å². The Morgan fingerprint density at radius 2 is 2.00 bits per heavy atom. The maximum absolute atomic E-state index is 13.3. The van der Waals surface area contributed by atoms with Gasteiger partial charge in [-0.2, -0.15) is 18.2 Å². The number of hydrogen-bond donors (Lipinski definition) is 0. The molecule has 0 saturated heterocycles. The molecule has 170 valence electrons. The summed E-state index contributed by atoms with van der Waals surface area (Å²) in [5.41, 5.74) is 1.40. The van der Waals surface area contributed by atoms with Crippen LogP contribution in [0.15, 0.2) is 22.7 Å². The molecule has 2 aliphatic carbocycles. The highest BCUT2D eigenvalue weighted by Crippen LogP contribution is 2.45. The number of carbonyl (C=O) groups excluding carboxylic acids is 2. The maximum atomic E-state index is 13.3. The zero-order valence-corrected chi connectivity index (χ0v) is 17.6. The summed E-state index contributed by atoms with van der Waals surface area (Å²) in [4.78, 5) is 32.4. The van der Waals surface area contributed by atoms with Gasteiger partial charge in [-0.15, -0.1) is 0 Å². The first kappa shape index (κ1) is 21.0. The molecule has 0 bridgehead atoms. The van der Waals surface area contributed by atoms with Crippen LogP contribution < -0.4 is 0 Å². The van der Waals surface area contributed by atoms with Gasteiger partial charge in [-0.25, -0.2) is 0 Å². The van der Waals surface area contributed by atoms with Crippen LogP contribution in [0, 0.1) is 0 Å². The highest BCUT2D eigenvalue weighted by molar-refractivity contribution is 5.99. The first-order valence-electron chi connectivity index (χ1n) is 10.8. The van der Waals surface area contributed by atoms with E-state index in [-0.39, 0.29) is 29.4 Å². The summed E-state index contributed by atoms with van der Waals surface area (Å²) in [7, 11) is 0. The zero-order chi connectivity index (χ0) is 22.7. The van der Waals surface area contributed by atoms with Gasteiger partial charge in [0.15, 0.2) is 0 Å². The van der Waals surface area contributed by atoms with Crippen molar-refractivity contribution in [3.8, 4) is 11.4 Å². The van der Waals surface area contributed by atoms with Gasteiger partial charge < -0.3 is 14.3 Å². The number of alkyl halides is 3. The molecule has 0 N–H and O–H groups in total. The molecule has 10 heteroatoms. The van der Waals surface area contributed by atoms with Crippen molar-refractivity contribution in [2.24, 2.45) is 0 Å². The average molecular weight is 448 g/mol. The number of halogens is 3. The van der Waals surface area contributed by atoms with Crippen molar-refractivity contribution < 1.29 is 27.3 Å². The third-order valence-electron chi connectivity index (χ3n) is 7.03. The number of nitrogens with zero attached hydrogens (tertiary/aromatic N) is 4. The van der Waals surface area contributed by atoms with Gasteiger partial charge in [0.05, 0.1) is 12.1 Å². The predicted molar refractivity (Wildman–Crippen MR) is 106 cm³/mol. The molecule has 0 unspecified atom stereocenters. The third-order valence-corrected chi connectivity index (χ3v) is 7.03. The fourth-order valence-corrected chi connectivity index (χ4v) is 5.01. The van der Waals surface area contributed by atoms with Crippen molar-refractivity contribution in [2.75, 3.05) is 0 Å². The van der Waals surface area contributed by atoms with E-state index < -0.39 is 12.1 Å². The smallest absolute Gasteiger partial charge is 0.335 e. The van der Waals surface area contributed by atoms with Crippen molar-refractivity contribution in [1.82, 2.24) is 19.9 Å². The second-order valence-electron chi connectivity index (χ2n) is 9.15. The molecule has 1 aromatic heterocycles. The fraction of sp³-hybridized carbons (Fsp3) is 0.545. The molecule has 2 heterocycles. The molecule has 2 atom stereocenters. The maximum Gasteiger partial charge on any atom is 0.471 e. The number of carbonyl (C=O) groups is 2. The van der Waals surface area contributed by atoms with E-state index >= 15 is 0 Å². The highest BCUT2D eigenvalue weighted by atomic mass is 19.4. The molecule has 1 aliphatic heterocycles. The van der Waals surface area contributed by atoms with E-state index in [0.29, 0.717) is 17.7 Å². The van der Waals surface area contributed by atoms with E-state index in [2.05, 4.69) is 21.6 Å². The lowest BCUT2D eigenvalue weighted by atomic mass is 9.87. The van der Waals surface area contributed by atoms with Crippen LogP contribution in [0.3, 0.4) is 0 Å². The fourth-order valence-electron chi connectivity index (χ4n) is 5.01. The molecule has 2 aromatic rings. The van der Waals surface area contributed by atoms with Crippen LogP contribution in [0.4, 0.5) is 13.2 Å². The van der Waals surface area contributed by atoms with E-state index in [4.69, 9.17) is 0 Å². The molecule has 2 saturated carbocycles. The van der Waals surface area contributed by atoms with Crippen LogP contribution >= 0.6 is 0 Å². The summed E-state index contributed by atoms with van der Waals surface area (Å²) in [5, 5.41) is 3.42. The number of rotatable bonds is 5. The molecule has 3 aliphatic rings. The molecule has 1 aromatic carbocycles. The van der Waals surface area contributed by atoms with Gasteiger partial charge in [0.2, 0.25) is 12.2 Å². The summed E-state index contributed by atoms with van der Waals surface area (Å²) in [5.74, 6) is -1.81. The summed E-state index contributed by atoms with van der Waals surface area (Å²) in [6, 6.07) is 4.74. The highest BCUT2D eigenvalue weighted by Gasteiger charge is 2.49.